The molecule has 1 aliphatic rings. The van der Waals surface area contributed by atoms with Crippen LogP contribution < -0.4 is 14.7 Å². The summed E-state index contributed by atoms with van der Waals surface area (Å²) in [4.78, 5) is 25.3. The molecule has 2 heterocycles. The number of hydrogen-bond donors (Lipinski definition) is 0. The first-order valence-corrected chi connectivity index (χ1v) is 13.9. The van der Waals surface area contributed by atoms with E-state index in [1.165, 1.54) is 17.6 Å². The van der Waals surface area contributed by atoms with Crippen LogP contribution in [-0.4, -0.2) is 30.6 Å². The topological polar surface area (TPSA) is 90.5 Å². The second-order valence-electron chi connectivity index (χ2n) is 10.5. The fourth-order valence-corrected chi connectivity index (χ4v) is 4.74. The number of carbonyl (C=O) groups is 1. The maximum Gasteiger partial charge on any atom is 0.303 e. The number of nitrogens with zero attached hydrogens (tertiary/aromatic N) is 2. The third-order valence-corrected chi connectivity index (χ3v) is 10.9. The Kier molecular flexibility index (Phi) is 6.24. The molecule has 7 nitrogen and oxygen atoms in total. The van der Waals surface area contributed by atoms with Crippen molar-refractivity contribution >= 4 is 14.3 Å². The van der Waals surface area contributed by atoms with E-state index in [-0.39, 0.29) is 10.6 Å². The largest absolute Gasteiger partial charge is 0.543 e. The molecule has 2 atom stereocenters. The zero-order valence-electron chi connectivity index (χ0n) is 20.6. The standard InChI is InChI=1S/C25H32N2O5Si/c1-16(28)30-23-22(19-13-17(15-26)9-10-20(19)31-25(23,5)6)27-12-11-18(14-21(27)29)32-33(7,8)24(2,3)4/h9-14,22-23H,1-8H3. The van der Waals surface area contributed by atoms with Crippen LogP contribution in [0.15, 0.2) is 41.3 Å². The Labute approximate surface area is 196 Å². The summed E-state index contributed by atoms with van der Waals surface area (Å²) < 4.78 is 19.6. The number of ether oxygens (including phenoxy) is 2. The van der Waals surface area contributed by atoms with Crippen LogP contribution in [0.1, 0.15) is 58.7 Å². The molecular formula is C25H32N2O5Si. The highest BCUT2D eigenvalue weighted by Gasteiger charge is 2.47. The van der Waals surface area contributed by atoms with E-state index in [4.69, 9.17) is 13.9 Å². The Bertz CT molecular complexity index is 1170. The van der Waals surface area contributed by atoms with Gasteiger partial charge in [-0.15, -0.1) is 0 Å². The predicted molar refractivity (Wildman–Crippen MR) is 128 cm³/mol. The Morgan fingerprint density at radius 1 is 1.21 bits per heavy atom. The number of pyridine rings is 1. The Morgan fingerprint density at radius 3 is 2.42 bits per heavy atom. The quantitative estimate of drug-likeness (QED) is 0.473. The van der Waals surface area contributed by atoms with Gasteiger partial charge in [-0.1, -0.05) is 20.8 Å². The van der Waals surface area contributed by atoms with E-state index >= 15 is 0 Å². The van der Waals surface area contributed by atoms with Crippen molar-refractivity contribution in [2.45, 2.75) is 77.4 Å². The Hall–Kier alpha value is -3.05. The third-order valence-electron chi connectivity index (χ3n) is 6.49. The lowest BCUT2D eigenvalue weighted by atomic mass is 9.85. The number of carbonyl (C=O) groups excluding carboxylic acids is 1. The molecular weight excluding hydrogens is 436 g/mol. The van der Waals surface area contributed by atoms with E-state index in [0.29, 0.717) is 22.6 Å². The van der Waals surface area contributed by atoms with Gasteiger partial charge in [-0.05, 0) is 56.2 Å². The van der Waals surface area contributed by atoms with Crippen molar-refractivity contribution in [2.75, 3.05) is 0 Å². The molecule has 2 aromatic rings. The summed E-state index contributed by atoms with van der Waals surface area (Å²) in [6, 6.07) is 9.75. The summed E-state index contributed by atoms with van der Waals surface area (Å²) in [5.74, 6) is 0.581. The van der Waals surface area contributed by atoms with Gasteiger partial charge in [0, 0.05) is 24.8 Å². The summed E-state index contributed by atoms with van der Waals surface area (Å²) in [6.07, 6.45) is 0.872. The van der Waals surface area contributed by atoms with Crippen molar-refractivity contribution in [1.29, 1.82) is 5.26 Å². The van der Waals surface area contributed by atoms with Gasteiger partial charge in [0.05, 0.1) is 11.6 Å². The molecule has 0 aliphatic carbocycles. The van der Waals surface area contributed by atoms with E-state index < -0.39 is 32.0 Å². The highest BCUT2D eigenvalue weighted by atomic mass is 28.4. The van der Waals surface area contributed by atoms with E-state index in [1.807, 2.05) is 13.8 Å². The molecule has 176 valence electrons. The molecule has 0 bridgehead atoms. The summed E-state index contributed by atoms with van der Waals surface area (Å²) in [5.41, 5.74) is -0.165. The number of benzene rings is 1. The zero-order chi connectivity index (χ0) is 24.8. The van der Waals surface area contributed by atoms with Gasteiger partial charge in [-0.25, -0.2) is 0 Å². The number of hydrogen-bond acceptors (Lipinski definition) is 6. The van der Waals surface area contributed by atoms with Crippen LogP contribution in [0.3, 0.4) is 0 Å². The SMILES string of the molecule is CC(=O)OC1C(n2ccc(O[Si](C)(C)C(C)(C)C)cc2=O)c2cc(C#N)ccc2OC1(C)C. The van der Waals surface area contributed by atoms with Gasteiger partial charge in [0.25, 0.3) is 5.56 Å². The lowest BCUT2D eigenvalue weighted by molar-refractivity contribution is -0.163. The first kappa shape index (κ1) is 24.6. The minimum Gasteiger partial charge on any atom is -0.543 e. The Balaban J connectivity index is 2.15. The van der Waals surface area contributed by atoms with Crippen LogP contribution >= 0.6 is 0 Å². The minimum absolute atomic E-state index is 0.0142. The number of aromatic nitrogens is 1. The highest BCUT2D eigenvalue weighted by molar-refractivity contribution is 6.74. The molecule has 0 saturated heterocycles. The number of esters is 1. The molecule has 0 spiro atoms. The van der Waals surface area contributed by atoms with Crippen molar-refractivity contribution in [1.82, 2.24) is 4.57 Å². The van der Waals surface area contributed by atoms with Gasteiger partial charge in [0.1, 0.15) is 23.1 Å². The molecule has 2 unspecified atom stereocenters. The van der Waals surface area contributed by atoms with Crippen LogP contribution in [0.4, 0.5) is 0 Å². The molecule has 0 fully saturated rings. The smallest absolute Gasteiger partial charge is 0.303 e. The summed E-state index contributed by atoms with van der Waals surface area (Å²) in [5, 5.41) is 9.40. The van der Waals surface area contributed by atoms with Crippen molar-refractivity contribution in [3.63, 3.8) is 0 Å². The monoisotopic (exact) mass is 468 g/mol. The maximum absolute atomic E-state index is 13.3. The third kappa shape index (κ3) is 4.83. The summed E-state index contributed by atoms with van der Waals surface area (Å²) >= 11 is 0. The predicted octanol–water partition coefficient (Wildman–Crippen LogP) is 4.80. The molecule has 1 aromatic carbocycles. The molecule has 0 N–H and O–H groups in total. The fraction of sp³-hybridized carbons (Fsp3) is 0.480. The first-order valence-electron chi connectivity index (χ1n) is 11.0. The maximum atomic E-state index is 13.3. The average molecular weight is 469 g/mol. The Morgan fingerprint density at radius 2 is 1.88 bits per heavy atom. The first-order chi connectivity index (χ1) is 15.2. The van der Waals surface area contributed by atoms with Gasteiger partial charge in [0.15, 0.2) is 6.10 Å². The van der Waals surface area contributed by atoms with Crippen LogP contribution in [0, 0.1) is 11.3 Å². The zero-order valence-corrected chi connectivity index (χ0v) is 21.6. The lowest BCUT2D eigenvalue weighted by Gasteiger charge is -2.44. The number of rotatable bonds is 4. The number of fused-ring (bicyclic) bond motifs is 1. The van der Waals surface area contributed by atoms with Crippen LogP contribution in [0.25, 0.3) is 0 Å². The van der Waals surface area contributed by atoms with Gasteiger partial charge in [-0.3, -0.25) is 9.59 Å². The number of nitriles is 1. The molecule has 1 aromatic heterocycles. The normalized spacial score (nSPS) is 19.6. The molecule has 3 rings (SSSR count). The van der Waals surface area contributed by atoms with E-state index in [9.17, 15) is 14.9 Å². The molecule has 1 aliphatic heterocycles. The van der Waals surface area contributed by atoms with Crippen molar-refractivity contribution in [3.8, 4) is 17.6 Å². The van der Waals surface area contributed by atoms with Crippen LogP contribution in [0.2, 0.25) is 18.1 Å². The van der Waals surface area contributed by atoms with E-state index in [0.717, 1.165) is 0 Å². The van der Waals surface area contributed by atoms with Gasteiger partial charge < -0.3 is 18.5 Å². The molecule has 0 saturated carbocycles. The van der Waals surface area contributed by atoms with Gasteiger partial charge in [0.2, 0.25) is 8.32 Å². The average Bonchev–Trinajstić information content (AvgIpc) is 2.67. The summed E-state index contributed by atoms with van der Waals surface area (Å²) in [7, 11) is -2.13. The minimum atomic E-state index is -2.13. The van der Waals surface area contributed by atoms with Crippen LogP contribution in [0.5, 0.6) is 11.5 Å². The fourth-order valence-electron chi connectivity index (χ4n) is 3.72. The molecule has 0 radical (unpaired) electrons. The second-order valence-corrected chi connectivity index (χ2v) is 15.2. The van der Waals surface area contributed by atoms with Crippen molar-refractivity contribution in [3.05, 3.63) is 58.0 Å². The van der Waals surface area contributed by atoms with E-state index in [2.05, 4.69) is 39.9 Å². The van der Waals surface area contributed by atoms with E-state index in [1.54, 1.807) is 30.5 Å². The van der Waals surface area contributed by atoms with Crippen molar-refractivity contribution < 1.29 is 18.7 Å². The lowest BCUT2D eigenvalue weighted by Crippen LogP contribution is -2.54. The van der Waals surface area contributed by atoms with Crippen LogP contribution in [-0.2, 0) is 9.53 Å². The summed E-state index contributed by atoms with van der Waals surface area (Å²) in [6.45, 7) is 15.6. The van der Waals surface area contributed by atoms with Crippen molar-refractivity contribution in [2.24, 2.45) is 0 Å². The molecule has 8 heteroatoms. The molecule has 33 heavy (non-hydrogen) atoms. The second kappa shape index (κ2) is 8.38. The highest BCUT2D eigenvalue weighted by Crippen LogP contribution is 2.43. The van der Waals surface area contributed by atoms with Gasteiger partial charge in [-0.2, -0.15) is 5.26 Å². The van der Waals surface area contributed by atoms with Gasteiger partial charge >= 0.3 is 5.97 Å². The molecule has 0 amide bonds.